The summed E-state index contributed by atoms with van der Waals surface area (Å²) in [6.45, 7) is 2.68. The summed E-state index contributed by atoms with van der Waals surface area (Å²) < 4.78 is 10.7. The van der Waals surface area contributed by atoms with Crippen LogP contribution in [0.3, 0.4) is 0 Å². The highest BCUT2D eigenvalue weighted by atomic mass is 16.6. The van der Waals surface area contributed by atoms with Crippen molar-refractivity contribution in [2.75, 3.05) is 6.61 Å². The van der Waals surface area contributed by atoms with Crippen molar-refractivity contribution in [2.45, 2.75) is 19.8 Å². The second-order valence-corrected chi connectivity index (χ2v) is 6.00. The summed E-state index contributed by atoms with van der Waals surface area (Å²) in [5, 5.41) is 23.3. The van der Waals surface area contributed by atoms with Crippen molar-refractivity contribution in [3.8, 4) is 34.2 Å². The first-order valence-corrected chi connectivity index (χ1v) is 8.70. The van der Waals surface area contributed by atoms with E-state index in [4.69, 9.17) is 9.15 Å². The highest BCUT2D eigenvalue weighted by molar-refractivity contribution is 5.72. The van der Waals surface area contributed by atoms with Crippen LogP contribution in [0, 0.1) is 10.1 Å². The molecule has 0 saturated carbocycles. The Morgan fingerprint density at radius 1 is 1.18 bits per heavy atom. The van der Waals surface area contributed by atoms with Crippen LogP contribution in [0.2, 0.25) is 0 Å². The van der Waals surface area contributed by atoms with Gasteiger partial charge in [-0.2, -0.15) is 0 Å². The number of rotatable bonds is 7. The van der Waals surface area contributed by atoms with Crippen LogP contribution in [0.1, 0.15) is 19.8 Å². The lowest BCUT2D eigenvalue weighted by atomic mass is 10.1. The van der Waals surface area contributed by atoms with Crippen molar-refractivity contribution in [1.82, 2.24) is 4.98 Å². The van der Waals surface area contributed by atoms with Crippen molar-refractivity contribution < 1.29 is 19.2 Å². The van der Waals surface area contributed by atoms with Crippen LogP contribution in [0.4, 0.5) is 5.69 Å². The molecule has 0 amide bonds. The molecule has 1 heterocycles. The van der Waals surface area contributed by atoms with Gasteiger partial charge in [-0.15, -0.1) is 0 Å². The third-order valence-electron chi connectivity index (χ3n) is 4.01. The van der Waals surface area contributed by atoms with Gasteiger partial charge in [-0.05, 0) is 42.0 Å². The minimum Gasteiger partial charge on any atom is -0.867 e. The number of nitro groups is 1. The van der Waals surface area contributed by atoms with E-state index >= 15 is 0 Å². The molecule has 0 spiro atoms. The molecular formula is C20H17N2O6-. The van der Waals surface area contributed by atoms with Crippen LogP contribution in [-0.2, 0) is 0 Å². The Morgan fingerprint density at radius 2 is 1.93 bits per heavy atom. The molecule has 0 aliphatic rings. The monoisotopic (exact) mass is 381 g/mol. The Hall–Kier alpha value is -3.68. The van der Waals surface area contributed by atoms with Crippen molar-refractivity contribution in [3.05, 3.63) is 69.1 Å². The van der Waals surface area contributed by atoms with E-state index in [0.29, 0.717) is 17.9 Å². The summed E-state index contributed by atoms with van der Waals surface area (Å²) in [7, 11) is 0. The molecule has 0 aliphatic heterocycles. The van der Waals surface area contributed by atoms with Crippen LogP contribution in [0.25, 0.3) is 22.7 Å². The van der Waals surface area contributed by atoms with Gasteiger partial charge in [0.05, 0.1) is 23.3 Å². The van der Waals surface area contributed by atoms with Crippen LogP contribution >= 0.6 is 0 Å². The molecular weight excluding hydrogens is 364 g/mol. The molecule has 8 nitrogen and oxygen atoms in total. The van der Waals surface area contributed by atoms with Gasteiger partial charge in [0.1, 0.15) is 5.75 Å². The Labute approximate surface area is 160 Å². The third kappa shape index (κ3) is 4.17. The van der Waals surface area contributed by atoms with Gasteiger partial charge >= 0.3 is 5.63 Å². The molecule has 28 heavy (non-hydrogen) atoms. The van der Waals surface area contributed by atoms with Crippen molar-refractivity contribution in [3.63, 3.8) is 0 Å². The Kier molecular flexibility index (Phi) is 5.69. The number of hydrogen-bond acceptors (Lipinski definition) is 7. The Bertz CT molecular complexity index is 1040. The van der Waals surface area contributed by atoms with E-state index in [0.717, 1.165) is 25.0 Å². The molecule has 3 aromatic rings. The van der Waals surface area contributed by atoms with Crippen LogP contribution in [0.15, 0.2) is 57.7 Å². The molecule has 2 aromatic carbocycles. The molecule has 0 atom stereocenters. The van der Waals surface area contributed by atoms with Gasteiger partial charge in [0, 0.05) is 11.6 Å². The predicted octanol–water partition coefficient (Wildman–Crippen LogP) is 3.53. The molecule has 0 aliphatic carbocycles. The first-order valence-electron chi connectivity index (χ1n) is 8.70. The zero-order chi connectivity index (χ0) is 20.1. The molecule has 0 unspecified atom stereocenters. The Morgan fingerprint density at radius 3 is 2.61 bits per heavy atom. The fourth-order valence-electron chi connectivity index (χ4n) is 2.56. The van der Waals surface area contributed by atoms with Gasteiger partial charge in [0.25, 0.3) is 5.69 Å². The molecule has 144 valence electrons. The van der Waals surface area contributed by atoms with Crippen LogP contribution in [0.5, 0.6) is 11.5 Å². The van der Waals surface area contributed by atoms with E-state index < -0.39 is 22.0 Å². The summed E-state index contributed by atoms with van der Waals surface area (Å²) in [5.41, 5.74) is -0.803. The second-order valence-electron chi connectivity index (χ2n) is 6.00. The lowest BCUT2D eigenvalue weighted by Crippen LogP contribution is -2.05. The summed E-state index contributed by atoms with van der Waals surface area (Å²) in [4.78, 5) is 26.4. The van der Waals surface area contributed by atoms with E-state index in [9.17, 15) is 20.0 Å². The molecule has 8 heteroatoms. The number of nitrogens with zero attached hydrogens (tertiary/aromatic N) is 2. The minimum atomic E-state index is -0.809. The zero-order valence-corrected chi connectivity index (χ0v) is 15.1. The maximum Gasteiger partial charge on any atom is 0.339 e. The maximum absolute atomic E-state index is 12.3. The van der Waals surface area contributed by atoms with Crippen LogP contribution in [-0.4, -0.2) is 16.5 Å². The van der Waals surface area contributed by atoms with Crippen molar-refractivity contribution in [2.24, 2.45) is 0 Å². The van der Waals surface area contributed by atoms with Gasteiger partial charge in [-0.25, -0.2) is 9.78 Å². The van der Waals surface area contributed by atoms with E-state index in [1.807, 2.05) is 0 Å². The molecule has 1 aromatic heterocycles. The molecule has 0 bridgehead atoms. The predicted molar refractivity (Wildman–Crippen MR) is 100 cm³/mol. The quantitative estimate of drug-likeness (QED) is 0.349. The molecule has 3 rings (SSSR count). The number of unbranched alkanes of at least 4 members (excludes halogenated alkanes) is 1. The smallest absolute Gasteiger partial charge is 0.339 e. The third-order valence-corrected chi connectivity index (χ3v) is 4.01. The SMILES string of the molecule is CCCCOc1ccc(-c2nc(-c3cccc([N+](=O)[O-])c3[O-])cc(=O)o2)cc1. The van der Waals surface area contributed by atoms with Gasteiger partial charge in [0.2, 0.25) is 5.89 Å². The highest BCUT2D eigenvalue weighted by Crippen LogP contribution is 2.33. The average Bonchev–Trinajstić information content (AvgIpc) is 2.68. The van der Waals surface area contributed by atoms with Crippen molar-refractivity contribution in [1.29, 1.82) is 0 Å². The first-order chi connectivity index (χ1) is 13.5. The fraction of sp³-hybridized carbons (Fsp3) is 0.200. The highest BCUT2D eigenvalue weighted by Gasteiger charge is 2.14. The summed E-state index contributed by atoms with van der Waals surface area (Å²) >= 11 is 0. The minimum absolute atomic E-state index is 0.00788. The second kappa shape index (κ2) is 8.34. The molecule has 0 fully saturated rings. The van der Waals surface area contributed by atoms with Crippen molar-refractivity contribution >= 4 is 5.69 Å². The first kappa shape index (κ1) is 19.1. The van der Waals surface area contributed by atoms with Gasteiger partial charge in [-0.3, -0.25) is 10.1 Å². The molecule has 0 radical (unpaired) electrons. The number of benzene rings is 2. The largest absolute Gasteiger partial charge is 0.867 e. The normalized spacial score (nSPS) is 10.6. The van der Waals surface area contributed by atoms with Crippen LogP contribution < -0.4 is 15.5 Å². The number of hydrogen-bond donors (Lipinski definition) is 0. The lowest BCUT2D eigenvalue weighted by Gasteiger charge is -2.13. The number of para-hydroxylation sites is 1. The Balaban J connectivity index is 1.96. The molecule has 0 N–H and O–H groups in total. The van der Waals surface area contributed by atoms with E-state index in [1.54, 1.807) is 24.3 Å². The summed E-state index contributed by atoms with van der Waals surface area (Å²) in [6.07, 6.45) is 1.97. The van der Waals surface area contributed by atoms with E-state index in [2.05, 4.69) is 11.9 Å². The number of nitro benzene ring substituents is 1. The lowest BCUT2D eigenvalue weighted by molar-refractivity contribution is -0.398. The van der Waals surface area contributed by atoms with Gasteiger partial charge in [-0.1, -0.05) is 25.5 Å². The standard InChI is InChI=1S/C20H18N2O6/c1-2-3-11-27-14-9-7-13(8-10-14)20-21-16(12-18(23)28-20)15-5-4-6-17(19(15)24)22(25)26/h4-10,12,24H,2-3,11H2,1H3/p-1. The average molecular weight is 381 g/mol. The van der Waals surface area contributed by atoms with E-state index in [-0.39, 0.29) is 17.1 Å². The van der Waals surface area contributed by atoms with Gasteiger partial charge in [0.15, 0.2) is 0 Å². The van der Waals surface area contributed by atoms with E-state index in [1.165, 1.54) is 12.1 Å². The summed E-state index contributed by atoms with van der Waals surface area (Å²) in [6, 6.07) is 11.7. The number of ether oxygens (including phenoxy) is 1. The van der Waals surface area contributed by atoms with Gasteiger partial charge < -0.3 is 14.3 Å². The molecule has 0 saturated heterocycles. The topological polar surface area (TPSA) is 119 Å². The summed E-state index contributed by atoms with van der Waals surface area (Å²) in [5.74, 6) is -0.124. The maximum atomic E-state index is 12.3. The zero-order valence-electron chi connectivity index (χ0n) is 15.1. The fourth-order valence-corrected chi connectivity index (χ4v) is 2.56. The number of aromatic nitrogens is 1.